The molecular weight excluding hydrogens is 2360 g/mol. The first-order chi connectivity index (χ1) is 82.1. The van der Waals surface area contributed by atoms with Gasteiger partial charge in [-0.15, -0.1) is 162 Å². The molecule has 1 atom stereocenters. The zero-order valence-electron chi connectivity index (χ0n) is 121. The number of furan rings is 3. The summed E-state index contributed by atoms with van der Waals surface area (Å²) in [5, 5.41) is 6.78. The summed E-state index contributed by atoms with van der Waals surface area (Å²) in [7, 11) is -5.01. The predicted molar refractivity (Wildman–Crippen MR) is 605 cm³/mol. The molecular formula is C127H147Ir3N9O3Si3-6. The van der Waals surface area contributed by atoms with Gasteiger partial charge in [0.25, 0.3) is 0 Å². The Labute approximate surface area is 958 Å². The first-order valence-corrected chi connectivity index (χ1v) is 58.7. The quantitative estimate of drug-likeness (QED) is 0.0442. The second-order valence-corrected chi connectivity index (χ2v) is 54.5. The van der Waals surface area contributed by atoms with Gasteiger partial charge in [-0.25, -0.2) is 15.0 Å². The fourth-order valence-corrected chi connectivity index (χ4v) is 21.4. The summed E-state index contributed by atoms with van der Waals surface area (Å²) in [5.74, 6) is -1.28. The van der Waals surface area contributed by atoms with Crippen LogP contribution in [0.3, 0.4) is 0 Å². The van der Waals surface area contributed by atoms with Crippen LogP contribution in [-0.4, -0.2) is 69.1 Å². The van der Waals surface area contributed by atoms with Crippen LogP contribution in [0.5, 0.6) is 0 Å². The molecule has 3 radical (unpaired) electrons. The van der Waals surface area contributed by atoms with Gasteiger partial charge in [0.1, 0.15) is 0 Å². The zero-order chi connectivity index (χ0) is 132. The van der Waals surface area contributed by atoms with Crippen LogP contribution in [0.25, 0.3) is 134 Å². The Morgan fingerprint density at radius 2 is 0.772 bits per heavy atom. The maximum absolute atomic E-state index is 9.13. The Balaban J connectivity index is 0.000000207. The number of rotatable bonds is 23. The molecule has 1 fully saturated rings. The van der Waals surface area contributed by atoms with Crippen molar-refractivity contribution in [3.05, 3.63) is 324 Å². The van der Waals surface area contributed by atoms with Crippen molar-refractivity contribution in [2.24, 2.45) is 23.7 Å². The van der Waals surface area contributed by atoms with Crippen LogP contribution in [0.1, 0.15) is 273 Å². The molecule has 12 aromatic heterocycles. The Bertz CT molecular complexity index is 8610. The van der Waals surface area contributed by atoms with E-state index < -0.39 is 150 Å². The SMILES string of the molecule is [2H]C([2H])([2H])C([2H])([2H])C(c1ccnc(-c2[c-]ccc3c2oc2nc(C(C([2H])([2H])[2H])(C([2H])([2H])[2H])C([2H])([2H])[2H])ccc23)c1)(C([2H])([2H])[2H])C([2H])([2H])C([2H])([2H])[2H].[2H]C([2H])([2H])c1ccc2c(n1)oc1c(-c3cc(C([2H])(C)C4CCCCC4)ccn3)[c-]ccc12.[2H]C([2H])([2H])c1ccc2c(n1)oc1c(-c3cc(C([2H])(CC)CC)ccn3)[c-]ccc12.[2H]C([2H])(c1cc(-c2[c-]cccc2)ncc1[Si](C)(C)C)C(C)C.[2H]C([2H])(c1cc(-c2[c-]cccc2)ncc1[Si](C)(C)C)C(C)C.[2H]C([2H])(c1cc(-c2[c-]cccc2)ncc1[Si](C)(C)C)C(C)C.[Ir].[Ir].[Ir]. The fraction of sp³-hybridized carbons (Fsp3) is 0.362. The second kappa shape index (κ2) is 51.1. The van der Waals surface area contributed by atoms with Crippen molar-refractivity contribution in [3.63, 3.8) is 0 Å². The van der Waals surface area contributed by atoms with Crippen LogP contribution >= 0.6 is 0 Å². The second-order valence-electron chi connectivity index (χ2n) is 39.4. The minimum Gasteiger partial charge on any atom is -0.486 e. The maximum atomic E-state index is 9.13. The third-order valence-corrected chi connectivity index (χ3v) is 30.5. The summed E-state index contributed by atoms with van der Waals surface area (Å²) in [6.45, 7) is 10.5. The van der Waals surface area contributed by atoms with Gasteiger partial charge in [-0.1, -0.05) is 279 Å². The van der Waals surface area contributed by atoms with Gasteiger partial charge < -0.3 is 43.2 Å². The normalized spacial score (nSPS) is 17.9. The molecule has 0 amide bonds. The third-order valence-electron chi connectivity index (χ3n) is 24.5. The van der Waals surface area contributed by atoms with E-state index in [9.17, 15) is 0 Å². The number of hydrogen-bond acceptors (Lipinski definition) is 12. The van der Waals surface area contributed by atoms with Crippen molar-refractivity contribution in [1.29, 1.82) is 0 Å². The van der Waals surface area contributed by atoms with E-state index >= 15 is 0 Å². The van der Waals surface area contributed by atoms with Gasteiger partial charge in [0.2, 0.25) is 17.1 Å². The third kappa shape index (κ3) is 28.8. The molecule has 0 saturated heterocycles. The molecule has 763 valence electrons. The van der Waals surface area contributed by atoms with E-state index in [-0.39, 0.29) is 128 Å². The number of pyridine rings is 9. The maximum Gasteiger partial charge on any atom is 0.216 e. The molecule has 1 aliphatic rings. The van der Waals surface area contributed by atoms with Crippen LogP contribution in [0.2, 0.25) is 58.9 Å². The molecule has 6 aromatic carbocycles. The van der Waals surface area contributed by atoms with Crippen LogP contribution in [0, 0.1) is 73.8 Å². The summed E-state index contributed by atoms with van der Waals surface area (Å²) < 4.78 is 311. The molecule has 1 saturated carbocycles. The number of aromatic nitrogens is 9. The van der Waals surface area contributed by atoms with E-state index in [1.807, 2.05) is 214 Å². The first-order valence-electron chi connectivity index (χ1n) is 66.2. The molecule has 0 aliphatic heterocycles. The Morgan fingerprint density at radius 3 is 1.13 bits per heavy atom. The summed E-state index contributed by atoms with van der Waals surface area (Å²) in [6, 6.07) is 75.6. The molecule has 0 bridgehead atoms. The van der Waals surface area contributed by atoms with E-state index in [2.05, 4.69) is 140 Å². The Kier molecular flexibility index (Phi) is 26.0. The Hall–Kier alpha value is -10.3. The van der Waals surface area contributed by atoms with Gasteiger partial charge in [-0.05, 0) is 222 Å². The van der Waals surface area contributed by atoms with E-state index in [0.29, 0.717) is 52.4 Å². The van der Waals surface area contributed by atoms with E-state index in [1.54, 1.807) is 30.6 Å². The van der Waals surface area contributed by atoms with Gasteiger partial charge in [0.15, 0.2) is 0 Å². The van der Waals surface area contributed by atoms with Gasteiger partial charge in [0, 0.05) is 185 Å². The van der Waals surface area contributed by atoms with E-state index in [4.69, 9.17) is 62.6 Å². The van der Waals surface area contributed by atoms with Crippen molar-refractivity contribution >= 4 is 106 Å². The molecule has 12 nitrogen and oxygen atoms in total. The Morgan fingerprint density at radius 1 is 0.393 bits per heavy atom. The van der Waals surface area contributed by atoms with Gasteiger partial charge in [-0.3, -0.25) is 0 Å². The average molecular weight is 2540 g/mol. The van der Waals surface area contributed by atoms with Gasteiger partial charge >= 0.3 is 0 Å². The molecule has 1 aliphatic carbocycles. The van der Waals surface area contributed by atoms with E-state index in [0.717, 1.165) is 136 Å². The smallest absolute Gasteiger partial charge is 0.216 e. The van der Waals surface area contributed by atoms with Crippen LogP contribution < -0.4 is 15.6 Å². The summed E-state index contributed by atoms with van der Waals surface area (Å²) >= 11 is 0. The number of benzene rings is 6. The van der Waals surface area contributed by atoms with E-state index in [1.165, 1.54) is 49.6 Å². The molecule has 0 N–H and O–H groups in total. The van der Waals surface area contributed by atoms with Crippen molar-refractivity contribution in [3.8, 4) is 67.5 Å². The molecule has 19 rings (SSSR count). The fourth-order valence-electron chi connectivity index (χ4n) is 17.2. The van der Waals surface area contributed by atoms with Gasteiger partial charge in [-0.2, -0.15) is 0 Å². The van der Waals surface area contributed by atoms with Crippen molar-refractivity contribution < 1.29 is 123 Å². The van der Waals surface area contributed by atoms with Gasteiger partial charge in [0.05, 0.1) is 41.0 Å². The van der Waals surface area contributed by atoms with Crippen molar-refractivity contribution in [1.82, 2.24) is 44.9 Å². The standard InChI is InChI=1S/C26H29N2O.C25H25N2O.C22H21N2O.3C18H24NSi.3Ir/c1-7-26(6,8-2)17-14-15-27-21(16-17)20-11-9-10-18-19-12-13-22(25(3,4)5)28-24(19)29-23(18)20;1-16-11-12-21-20-9-6-10-22(24(20)28-25(21)27-16)23-15-19(13-14-26-23)17(2)18-7-4-3-5-8-18;1-4-15(5-2)16-11-12-23-20(13-16)19-8-6-7-17-18-10-9-14(3)24-22(18)25-21(17)19;3*1-14(2)11-16-12-17(15-9-7-6-8-10-15)19-13-18(16)20(3,4)5;;;/h9-10,12-16H,7-8H2,1-6H3;6,9,11-15,17-18H,3-5,7-8H2,1-2H3;6-7,9-13,15H,4-5H2,1-3H3;3*6-9,12-14H,11H2,1-5H3;;;/q6*-1;;;/i1D3,2D3,3D3,4D3,5D3,6D3,7D2,8D2;1D3,17D;3D3,15D;3*11D2;;;. The van der Waals surface area contributed by atoms with Crippen molar-refractivity contribution in [2.45, 2.75) is 275 Å². The molecule has 0 spiro atoms. The monoisotopic (exact) mass is 2550 g/mol. The number of nitrogens with zero attached hydrogens (tertiary/aromatic N) is 9. The van der Waals surface area contributed by atoms with Crippen LogP contribution in [0.15, 0.2) is 251 Å². The zero-order valence-corrected chi connectivity index (χ0v) is 95.2. The number of hydrogen-bond donors (Lipinski definition) is 0. The molecule has 18 heteroatoms. The molecule has 145 heavy (non-hydrogen) atoms. The van der Waals surface area contributed by atoms with Crippen LogP contribution in [-0.2, 0) is 90.3 Å². The topological polar surface area (TPSA) is 155 Å². The summed E-state index contributed by atoms with van der Waals surface area (Å²) in [5.41, 5.74) is 3.54. The first kappa shape index (κ1) is 73.7. The summed E-state index contributed by atoms with van der Waals surface area (Å²) in [6.07, 6.45) is 5.01. The predicted octanol–water partition coefficient (Wildman–Crippen LogP) is 33.0. The molecule has 12 heterocycles. The minimum atomic E-state index is -4.06. The minimum absolute atomic E-state index is 0. The largest absolute Gasteiger partial charge is 0.486 e. The average Bonchev–Trinajstić information content (AvgIpc) is 1.15. The van der Waals surface area contributed by atoms with Crippen molar-refractivity contribution in [2.75, 3.05) is 0 Å². The molecule has 1 unspecified atom stereocenters. The number of fused-ring (bicyclic) bond motifs is 9. The van der Waals surface area contributed by atoms with Crippen LogP contribution in [0.4, 0.5) is 0 Å². The summed E-state index contributed by atoms with van der Waals surface area (Å²) in [4.78, 5) is 39.4. The number of aryl methyl sites for hydroxylation is 2. The molecule has 18 aromatic rings.